The summed E-state index contributed by atoms with van der Waals surface area (Å²) >= 11 is 4.97. The molecule has 0 radical (unpaired) electrons. The average molecular weight is 340 g/mol. The number of fused-ring (bicyclic) bond motifs is 2. The maximum Gasteiger partial charge on any atom is 0.266 e. The van der Waals surface area contributed by atoms with Gasteiger partial charge in [0, 0.05) is 23.0 Å². The van der Waals surface area contributed by atoms with Crippen LogP contribution in [0.5, 0.6) is 0 Å². The summed E-state index contributed by atoms with van der Waals surface area (Å²) in [6.07, 6.45) is 4.65. The number of hydrogen-bond acceptors (Lipinski definition) is 5. The Hall–Kier alpha value is -2.54. The van der Waals surface area contributed by atoms with Gasteiger partial charge in [-0.1, -0.05) is 0 Å². The minimum Gasteiger partial charge on any atom is -0.429 e. The first-order chi connectivity index (χ1) is 11.6. The van der Waals surface area contributed by atoms with E-state index in [4.69, 9.17) is 16.6 Å². The number of nitrogens with zero attached hydrogens (tertiary/aromatic N) is 2. The summed E-state index contributed by atoms with van der Waals surface area (Å²) in [5.41, 5.74) is 3.95. The van der Waals surface area contributed by atoms with Crippen molar-refractivity contribution in [3.8, 4) is 0 Å². The highest BCUT2D eigenvalue weighted by Crippen LogP contribution is 2.28. The Morgan fingerprint density at radius 2 is 2.33 bits per heavy atom. The lowest BCUT2D eigenvalue weighted by Gasteiger charge is -2.25. The van der Waals surface area contributed by atoms with Crippen molar-refractivity contribution in [2.24, 2.45) is 0 Å². The molecule has 0 spiro atoms. The fraction of sp³-hybridized carbons (Fsp3) is 0.294. The van der Waals surface area contributed by atoms with Crippen molar-refractivity contribution in [3.05, 3.63) is 51.9 Å². The van der Waals surface area contributed by atoms with Gasteiger partial charge in [-0.3, -0.25) is 4.79 Å². The number of benzene rings is 1. The van der Waals surface area contributed by atoms with E-state index in [2.05, 4.69) is 20.3 Å². The third kappa shape index (κ3) is 2.71. The zero-order chi connectivity index (χ0) is 16.7. The summed E-state index contributed by atoms with van der Waals surface area (Å²) in [7, 11) is 0. The summed E-state index contributed by atoms with van der Waals surface area (Å²) in [5.74, 6) is 0.623. The Balaban J connectivity index is 1.61. The first kappa shape index (κ1) is 15.0. The molecular weight excluding hydrogens is 324 g/mol. The molecule has 2 heterocycles. The molecule has 1 atom stereocenters. The van der Waals surface area contributed by atoms with E-state index in [0.29, 0.717) is 16.0 Å². The fourth-order valence-corrected chi connectivity index (χ4v) is 3.32. The van der Waals surface area contributed by atoms with Crippen LogP contribution in [0.4, 0.5) is 0 Å². The van der Waals surface area contributed by atoms with E-state index in [1.807, 2.05) is 13.1 Å². The van der Waals surface area contributed by atoms with Crippen LogP contribution in [-0.4, -0.2) is 20.9 Å². The smallest absolute Gasteiger partial charge is 0.266 e. The molecule has 122 valence electrons. The second-order valence-electron chi connectivity index (χ2n) is 5.96. The molecule has 3 aromatic rings. The van der Waals surface area contributed by atoms with Gasteiger partial charge in [0.25, 0.3) is 10.7 Å². The van der Waals surface area contributed by atoms with Crippen molar-refractivity contribution in [2.45, 2.75) is 32.2 Å². The lowest BCUT2D eigenvalue weighted by Crippen LogP contribution is -2.31. The largest absolute Gasteiger partial charge is 0.429 e. The van der Waals surface area contributed by atoms with Gasteiger partial charge >= 0.3 is 0 Å². The first-order valence-corrected chi connectivity index (χ1v) is 8.27. The van der Waals surface area contributed by atoms with E-state index in [-0.39, 0.29) is 11.9 Å². The minimum atomic E-state index is -0.141. The molecule has 1 amide bonds. The molecule has 7 heteroatoms. The monoisotopic (exact) mass is 340 g/mol. The van der Waals surface area contributed by atoms with Gasteiger partial charge in [-0.25, -0.2) is 9.97 Å². The van der Waals surface area contributed by atoms with Crippen LogP contribution < -0.4 is 5.32 Å². The van der Waals surface area contributed by atoms with Crippen molar-refractivity contribution < 1.29 is 9.21 Å². The molecule has 0 unspecified atom stereocenters. The Morgan fingerprint density at radius 3 is 3.21 bits per heavy atom. The number of amides is 1. The van der Waals surface area contributed by atoms with E-state index in [1.54, 1.807) is 18.2 Å². The molecule has 0 saturated heterocycles. The number of oxazole rings is 1. The number of aromatic amines is 1. The molecule has 1 aromatic carbocycles. The third-order valence-electron chi connectivity index (χ3n) is 4.29. The second-order valence-corrected chi connectivity index (χ2v) is 6.33. The van der Waals surface area contributed by atoms with E-state index >= 15 is 0 Å². The van der Waals surface area contributed by atoms with E-state index in [9.17, 15) is 4.79 Å². The van der Waals surface area contributed by atoms with Crippen LogP contribution in [0.3, 0.4) is 0 Å². The number of hydrogen-bond donors (Lipinski definition) is 2. The molecule has 4 rings (SSSR count). The number of nitrogens with one attached hydrogen (secondary N) is 2. The summed E-state index contributed by atoms with van der Waals surface area (Å²) in [5, 5.41) is 3.09. The van der Waals surface area contributed by atoms with Crippen molar-refractivity contribution in [3.63, 3.8) is 0 Å². The van der Waals surface area contributed by atoms with Gasteiger partial charge in [-0.2, -0.15) is 0 Å². The SMILES string of the molecule is Cc1ncc2c(n1)CCC[C@H]2NC(=O)c1ccc2[nH]c(=S)oc2c1. The molecule has 0 saturated carbocycles. The second kappa shape index (κ2) is 5.83. The van der Waals surface area contributed by atoms with Gasteiger partial charge in [-0.05, 0) is 56.6 Å². The van der Waals surface area contributed by atoms with Gasteiger partial charge in [-0.15, -0.1) is 0 Å². The number of rotatable bonds is 2. The molecule has 0 bridgehead atoms. The van der Waals surface area contributed by atoms with Crippen LogP contribution in [0.15, 0.2) is 28.8 Å². The average Bonchev–Trinajstić information content (AvgIpc) is 2.93. The van der Waals surface area contributed by atoms with Gasteiger partial charge in [0.05, 0.1) is 11.6 Å². The Kier molecular flexibility index (Phi) is 3.65. The van der Waals surface area contributed by atoms with Crippen molar-refractivity contribution in [2.75, 3.05) is 0 Å². The zero-order valence-corrected chi connectivity index (χ0v) is 13.9. The highest BCUT2D eigenvalue weighted by molar-refractivity contribution is 7.71. The fourth-order valence-electron chi connectivity index (χ4n) is 3.12. The molecule has 1 aliphatic carbocycles. The molecule has 6 nitrogen and oxygen atoms in total. The summed E-state index contributed by atoms with van der Waals surface area (Å²) in [4.78, 5) is 24.6. The molecule has 1 aliphatic rings. The topological polar surface area (TPSA) is 83.8 Å². The standard InChI is InChI=1S/C17H16N4O2S/c1-9-18-8-11-12(19-9)3-2-4-13(11)20-16(22)10-5-6-14-15(7-10)23-17(24)21-14/h5-8,13H,2-4H2,1H3,(H,20,22)(H,21,24)/t13-/m1/s1. The predicted octanol–water partition coefficient (Wildman–Crippen LogP) is 3.40. The van der Waals surface area contributed by atoms with Crippen molar-refractivity contribution in [1.29, 1.82) is 0 Å². The van der Waals surface area contributed by atoms with Gasteiger partial charge < -0.3 is 14.7 Å². The molecule has 2 aromatic heterocycles. The number of aryl methyl sites for hydroxylation is 2. The maximum atomic E-state index is 12.6. The molecule has 24 heavy (non-hydrogen) atoms. The Morgan fingerprint density at radius 1 is 1.46 bits per heavy atom. The van der Waals surface area contributed by atoms with Crippen LogP contribution in [0.1, 0.15) is 46.3 Å². The molecule has 2 N–H and O–H groups in total. The molecular formula is C17H16N4O2S. The third-order valence-corrected chi connectivity index (χ3v) is 4.48. The quantitative estimate of drug-likeness (QED) is 0.699. The first-order valence-electron chi connectivity index (χ1n) is 7.86. The van der Waals surface area contributed by atoms with Gasteiger partial charge in [0.1, 0.15) is 5.82 Å². The Bertz CT molecular complexity index is 992. The van der Waals surface area contributed by atoms with Crippen LogP contribution in [0, 0.1) is 11.8 Å². The number of carbonyl (C=O) groups excluding carboxylic acids is 1. The van der Waals surface area contributed by atoms with E-state index in [0.717, 1.165) is 41.9 Å². The molecule has 0 fully saturated rings. The van der Waals surface area contributed by atoms with Gasteiger partial charge in [0.2, 0.25) is 0 Å². The lowest BCUT2D eigenvalue weighted by atomic mass is 9.92. The van der Waals surface area contributed by atoms with Crippen LogP contribution >= 0.6 is 12.2 Å². The van der Waals surface area contributed by atoms with Crippen LogP contribution in [-0.2, 0) is 6.42 Å². The van der Waals surface area contributed by atoms with Crippen molar-refractivity contribution >= 4 is 29.2 Å². The maximum absolute atomic E-state index is 12.6. The normalized spacial score (nSPS) is 16.8. The zero-order valence-electron chi connectivity index (χ0n) is 13.1. The Labute approximate surface area is 143 Å². The minimum absolute atomic E-state index is 0.0600. The van der Waals surface area contributed by atoms with E-state index < -0.39 is 0 Å². The molecule has 0 aliphatic heterocycles. The lowest BCUT2D eigenvalue weighted by molar-refractivity contribution is 0.0932. The van der Waals surface area contributed by atoms with Crippen LogP contribution in [0.25, 0.3) is 11.1 Å². The highest BCUT2D eigenvalue weighted by atomic mass is 32.1. The summed E-state index contributed by atoms with van der Waals surface area (Å²) in [6, 6.07) is 5.20. The predicted molar refractivity (Wildman–Crippen MR) is 91.3 cm³/mol. The van der Waals surface area contributed by atoms with Crippen LogP contribution in [0.2, 0.25) is 0 Å². The van der Waals surface area contributed by atoms with Crippen molar-refractivity contribution in [1.82, 2.24) is 20.3 Å². The highest BCUT2D eigenvalue weighted by Gasteiger charge is 2.24. The number of aromatic nitrogens is 3. The number of H-pyrrole nitrogens is 1. The van der Waals surface area contributed by atoms with Gasteiger partial charge in [0.15, 0.2) is 5.58 Å². The summed E-state index contributed by atoms with van der Waals surface area (Å²) in [6.45, 7) is 1.88. The number of carbonyl (C=O) groups is 1. The summed E-state index contributed by atoms with van der Waals surface area (Å²) < 4.78 is 5.38. The van der Waals surface area contributed by atoms with E-state index in [1.165, 1.54) is 0 Å².